The third kappa shape index (κ3) is 2.38. The van der Waals surface area contributed by atoms with Crippen LogP contribution in [0, 0.1) is 5.92 Å². The zero-order chi connectivity index (χ0) is 9.97. The Hall–Kier alpha value is -0.760. The Balaban J connectivity index is 1.94. The molecule has 1 N–H and O–H groups in total. The van der Waals surface area contributed by atoms with Crippen molar-refractivity contribution in [2.24, 2.45) is 5.92 Å². The van der Waals surface area contributed by atoms with E-state index in [1.165, 1.54) is 19.3 Å². The number of anilines is 1. The molecule has 0 amide bonds. The molecule has 1 saturated carbocycles. The molecule has 2 atom stereocenters. The summed E-state index contributed by atoms with van der Waals surface area (Å²) >= 11 is 5.71. The number of hydrogen-bond donors (Lipinski definition) is 1. The van der Waals surface area contributed by atoms with E-state index in [0.29, 0.717) is 11.2 Å². The SMILES string of the molecule is C[C@@H]1CC[C@@H](Nc2ccc(Cl)nc2)C1. The zero-order valence-electron chi connectivity index (χ0n) is 8.33. The fraction of sp³-hybridized carbons (Fsp3) is 0.545. The van der Waals surface area contributed by atoms with E-state index in [-0.39, 0.29) is 0 Å². The highest BCUT2D eigenvalue weighted by Gasteiger charge is 2.20. The standard InChI is InChI=1S/C11H15ClN2/c1-8-2-3-9(6-8)14-10-4-5-11(12)13-7-10/h4-5,7-9,14H,2-3,6H2,1H3/t8-,9-/m1/s1. The highest BCUT2D eigenvalue weighted by Crippen LogP contribution is 2.27. The average Bonchev–Trinajstić information content (AvgIpc) is 2.56. The van der Waals surface area contributed by atoms with Gasteiger partial charge in [0.25, 0.3) is 0 Å². The van der Waals surface area contributed by atoms with E-state index in [9.17, 15) is 0 Å². The fourth-order valence-electron chi connectivity index (χ4n) is 2.04. The fourth-order valence-corrected chi connectivity index (χ4v) is 2.15. The van der Waals surface area contributed by atoms with E-state index in [0.717, 1.165) is 11.6 Å². The molecule has 2 rings (SSSR count). The summed E-state index contributed by atoms with van der Waals surface area (Å²) < 4.78 is 0. The smallest absolute Gasteiger partial charge is 0.129 e. The second kappa shape index (κ2) is 4.18. The third-order valence-electron chi connectivity index (χ3n) is 2.79. The van der Waals surface area contributed by atoms with E-state index < -0.39 is 0 Å². The van der Waals surface area contributed by atoms with Crippen LogP contribution in [0.3, 0.4) is 0 Å². The first-order chi connectivity index (χ1) is 6.74. The Morgan fingerprint density at radius 2 is 2.29 bits per heavy atom. The minimum atomic E-state index is 0.551. The number of pyridine rings is 1. The van der Waals surface area contributed by atoms with Gasteiger partial charge in [-0.1, -0.05) is 18.5 Å². The molecule has 1 aliphatic rings. The monoisotopic (exact) mass is 210 g/mol. The maximum atomic E-state index is 5.71. The molecule has 1 aromatic heterocycles. The van der Waals surface area contributed by atoms with Gasteiger partial charge >= 0.3 is 0 Å². The highest BCUT2D eigenvalue weighted by atomic mass is 35.5. The molecular weight excluding hydrogens is 196 g/mol. The molecule has 0 aromatic carbocycles. The average molecular weight is 211 g/mol. The summed E-state index contributed by atoms with van der Waals surface area (Å²) in [7, 11) is 0. The van der Waals surface area contributed by atoms with Gasteiger partial charge in [0.1, 0.15) is 5.15 Å². The zero-order valence-corrected chi connectivity index (χ0v) is 9.09. The van der Waals surface area contributed by atoms with Crippen molar-refractivity contribution in [3.05, 3.63) is 23.5 Å². The van der Waals surface area contributed by atoms with E-state index in [2.05, 4.69) is 17.2 Å². The van der Waals surface area contributed by atoms with Gasteiger partial charge in [-0.05, 0) is 37.3 Å². The molecule has 0 radical (unpaired) electrons. The van der Waals surface area contributed by atoms with E-state index in [1.807, 2.05) is 12.1 Å². The predicted octanol–water partition coefficient (Wildman–Crippen LogP) is 3.34. The van der Waals surface area contributed by atoms with Crippen LogP contribution in [0.25, 0.3) is 0 Å². The second-order valence-corrected chi connectivity index (χ2v) is 4.52. The van der Waals surface area contributed by atoms with E-state index in [1.54, 1.807) is 6.20 Å². The molecule has 76 valence electrons. The molecule has 14 heavy (non-hydrogen) atoms. The van der Waals surface area contributed by atoms with Crippen molar-refractivity contribution < 1.29 is 0 Å². The maximum absolute atomic E-state index is 5.71. The van der Waals surface area contributed by atoms with Gasteiger partial charge in [-0.15, -0.1) is 0 Å². The van der Waals surface area contributed by atoms with Crippen molar-refractivity contribution in [2.45, 2.75) is 32.2 Å². The first kappa shape index (κ1) is 9.78. The summed E-state index contributed by atoms with van der Waals surface area (Å²) in [4.78, 5) is 4.04. The topological polar surface area (TPSA) is 24.9 Å². The quantitative estimate of drug-likeness (QED) is 0.758. The van der Waals surface area contributed by atoms with Crippen LogP contribution in [-0.4, -0.2) is 11.0 Å². The lowest BCUT2D eigenvalue weighted by atomic mass is 10.1. The van der Waals surface area contributed by atoms with Crippen molar-refractivity contribution >= 4 is 17.3 Å². The highest BCUT2D eigenvalue weighted by molar-refractivity contribution is 6.29. The first-order valence-corrected chi connectivity index (χ1v) is 5.50. The summed E-state index contributed by atoms with van der Waals surface area (Å²) in [5.41, 5.74) is 1.08. The lowest BCUT2D eigenvalue weighted by molar-refractivity contribution is 0.602. The normalized spacial score (nSPS) is 26.4. The molecule has 2 nitrogen and oxygen atoms in total. The minimum Gasteiger partial charge on any atom is -0.381 e. The molecule has 1 aromatic rings. The van der Waals surface area contributed by atoms with Crippen molar-refractivity contribution in [1.82, 2.24) is 4.98 Å². The molecule has 1 aliphatic carbocycles. The van der Waals surface area contributed by atoms with Gasteiger partial charge in [0.15, 0.2) is 0 Å². The first-order valence-electron chi connectivity index (χ1n) is 5.12. The number of aromatic nitrogens is 1. The molecule has 0 aliphatic heterocycles. The Morgan fingerprint density at radius 3 is 2.86 bits per heavy atom. The van der Waals surface area contributed by atoms with Crippen molar-refractivity contribution in [3.8, 4) is 0 Å². The van der Waals surface area contributed by atoms with Gasteiger partial charge in [-0.25, -0.2) is 4.98 Å². The van der Waals surface area contributed by atoms with Gasteiger partial charge in [0.05, 0.1) is 11.9 Å². The van der Waals surface area contributed by atoms with E-state index in [4.69, 9.17) is 11.6 Å². The van der Waals surface area contributed by atoms with Crippen LogP contribution in [0.4, 0.5) is 5.69 Å². The van der Waals surface area contributed by atoms with Crippen LogP contribution in [0.1, 0.15) is 26.2 Å². The maximum Gasteiger partial charge on any atom is 0.129 e. The molecule has 3 heteroatoms. The number of halogens is 1. The summed E-state index contributed by atoms with van der Waals surface area (Å²) in [6, 6.07) is 4.42. The van der Waals surface area contributed by atoms with Crippen LogP contribution < -0.4 is 5.32 Å². The second-order valence-electron chi connectivity index (χ2n) is 4.13. The van der Waals surface area contributed by atoms with Crippen molar-refractivity contribution in [2.75, 3.05) is 5.32 Å². The van der Waals surface area contributed by atoms with Crippen LogP contribution in [0.15, 0.2) is 18.3 Å². The molecule has 1 heterocycles. The number of nitrogens with zero attached hydrogens (tertiary/aromatic N) is 1. The summed E-state index contributed by atoms with van der Waals surface area (Å²) in [6.07, 6.45) is 5.66. The summed E-state index contributed by atoms with van der Waals surface area (Å²) in [6.45, 7) is 2.31. The lowest BCUT2D eigenvalue weighted by Crippen LogP contribution is -2.15. The van der Waals surface area contributed by atoms with Crippen LogP contribution in [-0.2, 0) is 0 Å². The van der Waals surface area contributed by atoms with Gasteiger partial charge in [0.2, 0.25) is 0 Å². The van der Waals surface area contributed by atoms with Crippen LogP contribution >= 0.6 is 11.6 Å². The number of hydrogen-bond acceptors (Lipinski definition) is 2. The van der Waals surface area contributed by atoms with Crippen LogP contribution in [0.2, 0.25) is 5.15 Å². The summed E-state index contributed by atoms with van der Waals surface area (Å²) in [5, 5.41) is 4.03. The number of nitrogens with one attached hydrogen (secondary N) is 1. The Morgan fingerprint density at radius 1 is 1.43 bits per heavy atom. The van der Waals surface area contributed by atoms with Crippen molar-refractivity contribution in [1.29, 1.82) is 0 Å². The van der Waals surface area contributed by atoms with E-state index >= 15 is 0 Å². The largest absolute Gasteiger partial charge is 0.381 e. The minimum absolute atomic E-state index is 0.551. The molecule has 0 bridgehead atoms. The summed E-state index contributed by atoms with van der Waals surface area (Å²) in [5.74, 6) is 0.854. The molecule has 0 spiro atoms. The Labute approximate surface area is 89.7 Å². The Kier molecular flexibility index (Phi) is 2.92. The third-order valence-corrected chi connectivity index (χ3v) is 3.02. The number of rotatable bonds is 2. The lowest BCUT2D eigenvalue weighted by Gasteiger charge is -2.13. The molecule has 0 unspecified atom stereocenters. The van der Waals surface area contributed by atoms with Gasteiger partial charge in [-0.3, -0.25) is 0 Å². The Bertz CT molecular complexity index is 297. The van der Waals surface area contributed by atoms with Crippen molar-refractivity contribution in [3.63, 3.8) is 0 Å². The predicted molar refractivity (Wildman–Crippen MR) is 59.7 cm³/mol. The molecular formula is C11H15ClN2. The molecule has 0 saturated heterocycles. The van der Waals surface area contributed by atoms with Gasteiger partial charge in [0, 0.05) is 6.04 Å². The van der Waals surface area contributed by atoms with Gasteiger partial charge < -0.3 is 5.32 Å². The molecule has 1 fully saturated rings. The van der Waals surface area contributed by atoms with Crippen LogP contribution in [0.5, 0.6) is 0 Å². The van der Waals surface area contributed by atoms with Gasteiger partial charge in [-0.2, -0.15) is 0 Å².